The molecule has 0 bridgehead atoms. The summed E-state index contributed by atoms with van der Waals surface area (Å²) in [5.74, 6) is 0.652. The average Bonchev–Trinajstić information content (AvgIpc) is 2.49. The molecule has 3 nitrogen and oxygen atoms in total. The fourth-order valence-corrected chi connectivity index (χ4v) is 2.38. The first-order valence-corrected chi connectivity index (χ1v) is 5.40. The first-order chi connectivity index (χ1) is 6.68. The van der Waals surface area contributed by atoms with Gasteiger partial charge in [-0.2, -0.15) is 5.10 Å². The summed E-state index contributed by atoms with van der Waals surface area (Å²) in [6.07, 6.45) is 4.52. The van der Waals surface area contributed by atoms with Crippen LogP contribution >= 0.6 is 0 Å². The van der Waals surface area contributed by atoms with Crippen molar-refractivity contribution in [1.82, 2.24) is 15.1 Å². The smallest absolute Gasteiger partial charge is 0.0521 e. The van der Waals surface area contributed by atoms with E-state index in [1.54, 1.807) is 0 Å². The van der Waals surface area contributed by atoms with E-state index in [4.69, 9.17) is 0 Å². The van der Waals surface area contributed by atoms with Gasteiger partial charge >= 0.3 is 0 Å². The zero-order chi connectivity index (χ0) is 10.1. The summed E-state index contributed by atoms with van der Waals surface area (Å²) in [4.78, 5) is 0. The molecular formula is C11H19N3. The van der Waals surface area contributed by atoms with Crippen molar-refractivity contribution in [2.45, 2.75) is 38.6 Å². The summed E-state index contributed by atoms with van der Waals surface area (Å²) >= 11 is 0. The van der Waals surface area contributed by atoms with Crippen LogP contribution in [-0.2, 0) is 7.05 Å². The Hall–Kier alpha value is -0.830. The number of rotatable bonds is 1. The van der Waals surface area contributed by atoms with Crippen LogP contribution in [0.1, 0.15) is 36.9 Å². The Morgan fingerprint density at radius 3 is 2.79 bits per heavy atom. The van der Waals surface area contributed by atoms with E-state index in [0.29, 0.717) is 12.0 Å². The molecule has 2 unspecified atom stereocenters. The zero-order valence-corrected chi connectivity index (χ0v) is 9.25. The molecule has 0 amide bonds. The Morgan fingerprint density at radius 1 is 1.50 bits per heavy atom. The van der Waals surface area contributed by atoms with Gasteiger partial charge in [0.25, 0.3) is 0 Å². The van der Waals surface area contributed by atoms with E-state index in [1.165, 1.54) is 24.1 Å². The van der Waals surface area contributed by atoms with E-state index in [-0.39, 0.29) is 0 Å². The van der Waals surface area contributed by atoms with Crippen molar-refractivity contribution in [3.05, 3.63) is 17.5 Å². The third-order valence-electron chi connectivity index (χ3n) is 3.22. The summed E-state index contributed by atoms with van der Waals surface area (Å²) in [6.45, 7) is 5.51. The van der Waals surface area contributed by atoms with Gasteiger partial charge in [-0.25, -0.2) is 0 Å². The molecule has 0 aromatic carbocycles. The van der Waals surface area contributed by atoms with Crippen molar-refractivity contribution in [2.24, 2.45) is 7.05 Å². The number of nitrogens with zero attached hydrogens (tertiary/aromatic N) is 2. The Labute approximate surface area is 85.5 Å². The number of hydrogen-bond acceptors (Lipinski definition) is 2. The van der Waals surface area contributed by atoms with Gasteiger partial charge in [-0.15, -0.1) is 0 Å². The van der Waals surface area contributed by atoms with E-state index in [1.807, 2.05) is 17.9 Å². The molecule has 78 valence electrons. The van der Waals surface area contributed by atoms with Gasteiger partial charge in [-0.05, 0) is 32.3 Å². The molecule has 2 atom stereocenters. The van der Waals surface area contributed by atoms with E-state index >= 15 is 0 Å². The quantitative estimate of drug-likeness (QED) is 0.734. The largest absolute Gasteiger partial charge is 0.314 e. The molecular weight excluding hydrogens is 174 g/mol. The molecule has 1 fully saturated rings. The highest BCUT2D eigenvalue weighted by atomic mass is 15.3. The van der Waals surface area contributed by atoms with Crippen molar-refractivity contribution in [3.63, 3.8) is 0 Å². The summed E-state index contributed by atoms with van der Waals surface area (Å²) in [5.41, 5.74) is 2.73. The molecule has 1 aliphatic heterocycles. The lowest BCUT2D eigenvalue weighted by Crippen LogP contribution is -2.36. The van der Waals surface area contributed by atoms with Gasteiger partial charge in [0.15, 0.2) is 0 Å². The van der Waals surface area contributed by atoms with Gasteiger partial charge in [-0.3, -0.25) is 4.68 Å². The van der Waals surface area contributed by atoms with Crippen molar-refractivity contribution >= 4 is 0 Å². The lowest BCUT2D eigenvalue weighted by molar-refractivity contribution is 0.373. The summed E-state index contributed by atoms with van der Waals surface area (Å²) < 4.78 is 2.03. The average molecular weight is 193 g/mol. The van der Waals surface area contributed by atoms with Gasteiger partial charge in [0.2, 0.25) is 0 Å². The molecule has 1 aromatic rings. The maximum absolute atomic E-state index is 4.30. The summed E-state index contributed by atoms with van der Waals surface area (Å²) in [5, 5.41) is 7.83. The van der Waals surface area contributed by atoms with Crippen LogP contribution in [0.25, 0.3) is 0 Å². The minimum atomic E-state index is 0.652. The highest BCUT2D eigenvalue weighted by Crippen LogP contribution is 2.26. The highest BCUT2D eigenvalue weighted by Gasteiger charge is 2.22. The second kappa shape index (κ2) is 3.73. The van der Waals surface area contributed by atoms with E-state index in [2.05, 4.69) is 24.3 Å². The van der Waals surface area contributed by atoms with Crippen molar-refractivity contribution in [1.29, 1.82) is 0 Å². The second-order valence-electron chi connectivity index (χ2n) is 4.42. The first-order valence-electron chi connectivity index (χ1n) is 5.40. The molecule has 0 aliphatic carbocycles. The van der Waals surface area contributed by atoms with Crippen LogP contribution in [0.3, 0.4) is 0 Å². The zero-order valence-electron chi connectivity index (χ0n) is 9.25. The molecule has 1 N–H and O–H groups in total. The van der Waals surface area contributed by atoms with Crippen LogP contribution < -0.4 is 5.32 Å². The van der Waals surface area contributed by atoms with Gasteiger partial charge in [-0.1, -0.05) is 0 Å². The molecule has 2 rings (SSSR count). The fraction of sp³-hybridized carbons (Fsp3) is 0.727. The topological polar surface area (TPSA) is 29.9 Å². The summed E-state index contributed by atoms with van der Waals surface area (Å²) in [7, 11) is 2.04. The monoisotopic (exact) mass is 193 g/mol. The molecule has 1 saturated heterocycles. The third kappa shape index (κ3) is 1.69. The molecule has 1 aliphatic rings. The maximum atomic E-state index is 4.30. The standard InChI is InChI=1S/C11H19N3/c1-8-6-13-14(3)11(8)10-5-4-9(2)12-7-10/h6,9-10,12H,4-5,7H2,1-3H3. The van der Waals surface area contributed by atoms with Crippen molar-refractivity contribution in [2.75, 3.05) is 6.54 Å². The van der Waals surface area contributed by atoms with Crippen molar-refractivity contribution < 1.29 is 0 Å². The lowest BCUT2D eigenvalue weighted by atomic mass is 9.91. The number of aromatic nitrogens is 2. The maximum Gasteiger partial charge on any atom is 0.0521 e. The molecule has 14 heavy (non-hydrogen) atoms. The Balaban J connectivity index is 2.15. The predicted octanol–water partition coefficient (Wildman–Crippen LogP) is 1.58. The molecule has 0 saturated carbocycles. The molecule has 2 heterocycles. The minimum Gasteiger partial charge on any atom is -0.314 e. The fourth-order valence-electron chi connectivity index (χ4n) is 2.38. The summed E-state index contributed by atoms with van der Waals surface area (Å²) in [6, 6.07) is 0.680. The SMILES string of the molecule is Cc1cnn(C)c1C1CCC(C)NC1. The van der Waals surface area contributed by atoms with Gasteiger partial charge in [0.1, 0.15) is 0 Å². The second-order valence-corrected chi connectivity index (χ2v) is 4.42. The number of nitrogens with one attached hydrogen (secondary N) is 1. The number of piperidine rings is 1. The Kier molecular flexibility index (Phi) is 2.59. The van der Waals surface area contributed by atoms with Crippen LogP contribution in [0.4, 0.5) is 0 Å². The van der Waals surface area contributed by atoms with Crippen LogP contribution in [0.2, 0.25) is 0 Å². The Bertz CT molecular complexity index is 289. The van der Waals surface area contributed by atoms with Crippen LogP contribution in [0, 0.1) is 6.92 Å². The third-order valence-corrected chi connectivity index (χ3v) is 3.22. The Morgan fingerprint density at radius 2 is 2.29 bits per heavy atom. The normalized spacial score (nSPS) is 27.9. The van der Waals surface area contributed by atoms with Crippen LogP contribution in [0.5, 0.6) is 0 Å². The van der Waals surface area contributed by atoms with E-state index < -0.39 is 0 Å². The highest BCUT2D eigenvalue weighted by molar-refractivity contribution is 5.21. The van der Waals surface area contributed by atoms with Gasteiger partial charge in [0.05, 0.1) is 6.20 Å². The number of hydrogen-bond donors (Lipinski definition) is 1. The molecule has 0 radical (unpaired) electrons. The van der Waals surface area contributed by atoms with E-state index in [9.17, 15) is 0 Å². The molecule has 1 aromatic heterocycles. The van der Waals surface area contributed by atoms with Gasteiger partial charge in [0, 0.05) is 31.2 Å². The van der Waals surface area contributed by atoms with E-state index in [0.717, 1.165) is 6.54 Å². The lowest BCUT2D eigenvalue weighted by Gasteiger charge is -2.28. The van der Waals surface area contributed by atoms with Crippen LogP contribution in [-0.4, -0.2) is 22.4 Å². The molecule has 0 spiro atoms. The molecule has 3 heteroatoms. The minimum absolute atomic E-state index is 0.652. The van der Waals surface area contributed by atoms with Crippen molar-refractivity contribution in [3.8, 4) is 0 Å². The number of aryl methyl sites for hydroxylation is 2. The van der Waals surface area contributed by atoms with Crippen LogP contribution in [0.15, 0.2) is 6.20 Å². The predicted molar refractivity (Wildman–Crippen MR) is 57.4 cm³/mol. The first kappa shape index (κ1) is 9.71. The van der Waals surface area contributed by atoms with Gasteiger partial charge < -0.3 is 5.32 Å².